The molecule has 1 atom stereocenters. The molecule has 0 aliphatic heterocycles. The summed E-state index contributed by atoms with van der Waals surface area (Å²) in [6.07, 6.45) is 0. The van der Waals surface area contributed by atoms with Gasteiger partial charge in [-0.2, -0.15) is 0 Å². The monoisotopic (exact) mass is 238 g/mol. The molecule has 1 unspecified atom stereocenters. The number of benzene rings is 1. The molecule has 0 aliphatic rings. The van der Waals surface area contributed by atoms with E-state index in [1.807, 2.05) is 0 Å². The topological polar surface area (TPSA) is 83.2 Å². The third-order valence-electron chi connectivity index (χ3n) is 2.08. The standard InChI is InChI=1S/C11H13NO3S/c1-7(12)11(8(2)13)9-3-5-10(6-4-9)16(14)15/h3-6H,12H2,1-2H3,(H,14,15)/p-1. The van der Waals surface area contributed by atoms with E-state index in [-0.39, 0.29) is 10.7 Å². The molecule has 2 N–H and O–H groups in total. The molecule has 0 radical (unpaired) electrons. The second-order valence-corrected chi connectivity index (χ2v) is 4.31. The molecule has 0 fully saturated rings. The van der Waals surface area contributed by atoms with Crippen molar-refractivity contribution in [2.75, 3.05) is 0 Å². The second-order valence-electron chi connectivity index (χ2n) is 3.37. The van der Waals surface area contributed by atoms with Crippen molar-refractivity contribution in [1.82, 2.24) is 0 Å². The smallest absolute Gasteiger partial charge is 0.162 e. The molecule has 1 rings (SSSR count). The molecule has 0 aliphatic carbocycles. The number of hydrogen-bond acceptors (Lipinski definition) is 4. The molecule has 1 aromatic carbocycles. The first-order chi connectivity index (χ1) is 7.43. The van der Waals surface area contributed by atoms with Crippen LogP contribution in [-0.2, 0) is 15.9 Å². The lowest BCUT2D eigenvalue weighted by atomic mass is 10.0. The molecule has 0 saturated carbocycles. The van der Waals surface area contributed by atoms with Crippen molar-refractivity contribution >= 4 is 22.4 Å². The maximum atomic E-state index is 11.3. The Morgan fingerprint density at radius 1 is 1.25 bits per heavy atom. The van der Waals surface area contributed by atoms with Crippen molar-refractivity contribution in [3.05, 3.63) is 35.5 Å². The van der Waals surface area contributed by atoms with E-state index in [4.69, 9.17) is 5.73 Å². The molecule has 86 valence electrons. The van der Waals surface area contributed by atoms with Crippen LogP contribution >= 0.6 is 0 Å². The van der Waals surface area contributed by atoms with Gasteiger partial charge in [-0.3, -0.25) is 9.00 Å². The summed E-state index contributed by atoms with van der Waals surface area (Å²) in [7, 11) is 0. The van der Waals surface area contributed by atoms with Crippen molar-refractivity contribution in [1.29, 1.82) is 0 Å². The molecular formula is C11H12NO3S-. The minimum Gasteiger partial charge on any atom is -0.768 e. The minimum atomic E-state index is -2.25. The lowest BCUT2D eigenvalue weighted by Gasteiger charge is -2.09. The van der Waals surface area contributed by atoms with E-state index in [1.54, 1.807) is 19.1 Å². The molecular weight excluding hydrogens is 226 g/mol. The molecule has 1 aromatic rings. The van der Waals surface area contributed by atoms with Crippen molar-refractivity contribution in [3.63, 3.8) is 0 Å². The van der Waals surface area contributed by atoms with Gasteiger partial charge in [0.05, 0.1) is 0 Å². The van der Waals surface area contributed by atoms with E-state index in [2.05, 4.69) is 0 Å². The van der Waals surface area contributed by atoms with Crippen molar-refractivity contribution in [3.8, 4) is 0 Å². The number of carbonyl (C=O) groups excluding carboxylic acids is 1. The van der Waals surface area contributed by atoms with Gasteiger partial charge in [0.2, 0.25) is 0 Å². The predicted molar refractivity (Wildman–Crippen MR) is 61.1 cm³/mol. The number of allylic oxidation sites excluding steroid dienone is 2. The number of ketones is 1. The van der Waals surface area contributed by atoms with Crippen LogP contribution in [0.25, 0.3) is 5.57 Å². The Morgan fingerprint density at radius 3 is 2.06 bits per heavy atom. The Kier molecular flexibility index (Phi) is 3.98. The highest BCUT2D eigenvalue weighted by molar-refractivity contribution is 7.79. The van der Waals surface area contributed by atoms with Crippen LogP contribution in [0.4, 0.5) is 0 Å². The number of Topliss-reactive ketones (excluding diaryl/α,β-unsaturated/α-hetero) is 1. The van der Waals surface area contributed by atoms with E-state index in [9.17, 15) is 13.6 Å². The van der Waals surface area contributed by atoms with Gasteiger partial charge in [0.15, 0.2) is 5.78 Å². The second kappa shape index (κ2) is 5.05. The predicted octanol–water partition coefficient (Wildman–Crippen LogP) is 1.20. The Labute approximate surface area is 96.4 Å². The van der Waals surface area contributed by atoms with Crippen molar-refractivity contribution in [2.24, 2.45) is 5.73 Å². The molecule has 16 heavy (non-hydrogen) atoms. The average molecular weight is 238 g/mol. The Hall–Kier alpha value is -1.46. The summed E-state index contributed by atoms with van der Waals surface area (Å²) in [5.41, 5.74) is 7.07. The number of hydrogen-bond donors (Lipinski definition) is 1. The van der Waals surface area contributed by atoms with E-state index < -0.39 is 11.1 Å². The molecule has 0 amide bonds. The summed E-state index contributed by atoms with van der Waals surface area (Å²) < 4.78 is 21.3. The summed E-state index contributed by atoms with van der Waals surface area (Å²) in [5, 5.41) is 0. The van der Waals surface area contributed by atoms with Crippen LogP contribution in [0, 0.1) is 0 Å². The Bertz CT molecular complexity index is 459. The molecule has 0 aromatic heterocycles. The molecule has 0 heterocycles. The van der Waals surface area contributed by atoms with Crippen LogP contribution in [0.1, 0.15) is 19.4 Å². The minimum absolute atomic E-state index is 0.143. The number of rotatable bonds is 3. The molecule has 0 spiro atoms. The quantitative estimate of drug-likeness (QED) is 0.633. The van der Waals surface area contributed by atoms with Gasteiger partial charge in [-0.05, 0) is 42.6 Å². The van der Waals surface area contributed by atoms with Crippen molar-refractivity contribution in [2.45, 2.75) is 18.7 Å². The lowest BCUT2D eigenvalue weighted by Crippen LogP contribution is -2.05. The van der Waals surface area contributed by atoms with Crippen LogP contribution in [0.15, 0.2) is 34.9 Å². The normalized spacial score (nSPS) is 14.2. The zero-order valence-corrected chi connectivity index (χ0v) is 9.84. The average Bonchev–Trinajstić information content (AvgIpc) is 2.17. The maximum absolute atomic E-state index is 11.3. The van der Waals surface area contributed by atoms with E-state index in [0.717, 1.165) is 0 Å². The van der Waals surface area contributed by atoms with Crippen LogP contribution in [0.3, 0.4) is 0 Å². The van der Waals surface area contributed by atoms with Gasteiger partial charge in [0.25, 0.3) is 0 Å². The first-order valence-corrected chi connectivity index (χ1v) is 5.68. The largest absolute Gasteiger partial charge is 0.768 e. The number of carbonyl (C=O) groups is 1. The molecule has 5 heteroatoms. The third-order valence-corrected chi connectivity index (χ3v) is 2.74. The van der Waals surface area contributed by atoms with Gasteiger partial charge in [0, 0.05) is 16.2 Å². The lowest BCUT2D eigenvalue weighted by molar-refractivity contribution is -0.111. The van der Waals surface area contributed by atoms with Gasteiger partial charge >= 0.3 is 0 Å². The first kappa shape index (κ1) is 12.6. The summed E-state index contributed by atoms with van der Waals surface area (Å²) >= 11 is -2.25. The van der Waals surface area contributed by atoms with Gasteiger partial charge in [0.1, 0.15) is 0 Å². The number of nitrogens with two attached hydrogens (primary N) is 1. The van der Waals surface area contributed by atoms with E-state index in [0.29, 0.717) is 16.8 Å². The van der Waals surface area contributed by atoms with Crippen molar-refractivity contribution < 1.29 is 13.6 Å². The first-order valence-electron chi connectivity index (χ1n) is 4.60. The van der Waals surface area contributed by atoms with Crippen LogP contribution in [-0.4, -0.2) is 14.5 Å². The zero-order chi connectivity index (χ0) is 12.3. The fourth-order valence-electron chi connectivity index (χ4n) is 1.44. The van der Waals surface area contributed by atoms with Gasteiger partial charge < -0.3 is 10.3 Å². The van der Waals surface area contributed by atoms with Gasteiger partial charge in [-0.15, -0.1) is 0 Å². The Balaban J connectivity index is 3.20. The highest BCUT2D eigenvalue weighted by atomic mass is 32.2. The van der Waals surface area contributed by atoms with Gasteiger partial charge in [-0.25, -0.2) is 0 Å². The summed E-state index contributed by atoms with van der Waals surface area (Å²) in [5.74, 6) is -0.143. The zero-order valence-electron chi connectivity index (χ0n) is 9.02. The van der Waals surface area contributed by atoms with Crippen LogP contribution in [0.2, 0.25) is 0 Å². The molecule has 0 bridgehead atoms. The maximum Gasteiger partial charge on any atom is 0.162 e. The fourth-order valence-corrected chi connectivity index (χ4v) is 1.80. The highest BCUT2D eigenvalue weighted by Gasteiger charge is 2.09. The van der Waals surface area contributed by atoms with Gasteiger partial charge in [-0.1, -0.05) is 12.1 Å². The van der Waals surface area contributed by atoms with E-state index in [1.165, 1.54) is 19.1 Å². The highest BCUT2D eigenvalue weighted by Crippen LogP contribution is 2.19. The fraction of sp³-hybridized carbons (Fsp3) is 0.182. The van der Waals surface area contributed by atoms with E-state index >= 15 is 0 Å². The third kappa shape index (κ3) is 2.77. The molecule has 4 nitrogen and oxygen atoms in total. The molecule has 0 saturated heterocycles. The van der Waals surface area contributed by atoms with Crippen LogP contribution < -0.4 is 5.73 Å². The summed E-state index contributed by atoms with van der Waals surface area (Å²) in [4.78, 5) is 11.5. The SMILES string of the molecule is CC(=O)C(=C(C)N)c1ccc(S(=O)[O-])cc1. The summed E-state index contributed by atoms with van der Waals surface area (Å²) in [6.45, 7) is 3.06. The summed E-state index contributed by atoms with van der Waals surface area (Å²) in [6, 6.07) is 6.01. The van der Waals surface area contributed by atoms with Crippen LogP contribution in [0.5, 0.6) is 0 Å². The Morgan fingerprint density at radius 2 is 1.75 bits per heavy atom.